The van der Waals surface area contributed by atoms with E-state index in [0.717, 1.165) is 9.96 Å². The lowest BCUT2D eigenvalue weighted by Crippen LogP contribution is -2.14. The first kappa shape index (κ1) is 18.2. The van der Waals surface area contributed by atoms with Crippen molar-refractivity contribution >= 4 is 24.0 Å². The number of alkyl halides is 3. The van der Waals surface area contributed by atoms with Crippen LogP contribution in [0.4, 0.5) is 13.2 Å². The third kappa shape index (κ3) is 3.96. The second-order valence-electron chi connectivity index (χ2n) is 6.00. The predicted molar refractivity (Wildman–Crippen MR) is 98.8 cm³/mol. The van der Waals surface area contributed by atoms with Crippen LogP contribution in [0.25, 0.3) is 16.6 Å². The molecule has 2 heterocycles. The Kier molecular flexibility index (Phi) is 4.55. The SMILES string of the molecule is Cc1nc(C(F)(F)F)n2cc(-c3ccc(OC(C)(P)P)cc3)ccc12. The number of halogens is 3. The summed E-state index contributed by atoms with van der Waals surface area (Å²) in [5.74, 6) is -0.240. The molecule has 3 rings (SSSR count). The van der Waals surface area contributed by atoms with Crippen LogP contribution in [0.3, 0.4) is 0 Å². The first-order chi connectivity index (χ1) is 11.5. The summed E-state index contributed by atoms with van der Waals surface area (Å²) in [5, 5.41) is -0.476. The van der Waals surface area contributed by atoms with Crippen molar-refractivity contribution in [3.63, 3.8) is 0 Å². The van der Waals surface area contributed by atoms with Crippen LogP contribution in [-0.2, 0) is 6.18 Å². The van der Waals surface area contributed by atoms with Crippen molar-refractivity contribution in [3.8, 4) is 16.9 Å². The molecule has 1 aromatic carbocycles. The predicted octanol–water partition coefficient (Wildman–Crippen LogP) is 5.13. The van der Waals surface area contributed by atoms with Crippen molar-refractivity contribution in [3.05, 3.63) is 54.1 Å². The number of hydrogen-bond acceptors (Lipinski definition) is 2. The largest absolute Gasteiger partial charge is 0.480 e. The second-order valence-corrected chi connectivity index (χ2v) is 8.96. The Bertz CT molecular complexity index is 913. The zero-order valence-electron chi connectivity index (χ0n) is 13.6. The number of aromatic nitrogens is 2. The van der Waals surface area contributed by atoms with E-state index in [9.17, 15) is 13.2 Å². The molecule has 8 heteroatoms. The highest BCUT2D eigenvalue weighted by atomic mass is 31.1. The van der Waals surface area contributed by atoms with Crippen LogP contribution in [0.5, 0.6) is 5.75 Å². The number of aryl methyl sites for hydroxylation is 1. The Labute approximate surface area is 148 Å². The van der Waals surface area contributed by atoms with Crippen LogP contribution in [0.2, 0.25) is 0 Å². The Morgan fingerprint density at radius 3 is 2.16 bits per heavy atom. The van der Waals surface area contributed by atoms with Crippen molar-refractivity contribution in [1.82, 2.24) is 9.38 Å². The molecular weight excluding hydrogens is 367 g/mol. The molecule has 132 valence electrons. The van der Waals surface area contributed by atoms with Crippen LogP contribution in [-0.4, -0.2) is 14.5 Å². The van der Waals surface area contributed by atoms with Crippen LogP contribution in [0.1, 0.15) is 18.4 Å². The number of fused-ring (bicyclic) bond motifs is 1. The van der Waals surface area contributed by atoms with Gasteiger partial charge in [0.05, 0.1) is 11.2 Å². The summed E-state index contributed by atoms with van der Waals surface area (Å²) in [6.45, 7) is 3.45. The zero-order valence-corrected chi connectivity index (χ0v) is 15.9. The lowest BCUT2D eigenvalue weighted by molar-refractivity contribution is -0.145. The maximum Gasteiger partial charge on any atom is 0.450 e. The maximum atomic E-state index is 13.2. The molecule has 0 fully saturated rings. The van der Waals surface area contributed by atoms with Gasteiger partial charge in [-0.1, -0.05) is 36.7 Å². The van der Waals surface area contributed by atoms with E-state index in [4.69, 9.17) is 4.74 Å². The minimum Gasteiger partial charge on any atom is -0.480 e. The van der Waals surface area contributed by atoms with Crippen molar-refractivity contribution in [2.75, 3.05) is 0 Å². The van der Waals surface area contributed by atoms with Gasteiger partial charge in [-0.15, -0.1) is 0 Å². The van der Waals surface area contributed by atoms with Crippen molar-refractivity contribution in [2.24, 2.45) is 0 Å². The van der Waals surface area contributed by atoms with Crippen LogP contribution in [0.15, 0.2) is 42.6 Å². The van der Waals surface area contributed by atoms with Gasteiger partial charge in [-0.05, 0) is 43.2 Å². The second kappa shape index (κ2) is 6.26. The van der Waals surface area contributed by atoms with E-state index in [1.807, 2.05) is 19.1 Å². The molecule has 0 aliphatic carbocycles. The summed E-state index contributed by atoms with van der Waals surface area (Å²) in [4.78, 5) is 3.66. The van der Waals surface area contributed by atoms with Gasteiger partial charge in [0.1, 0.15) is 10.8 Å². The average Bonchev–Trinajstić information content (AvgIpc) is 2.83. The number of nitrogens with zero attached hydrogens (tertiary/aromatic N) is 2. The molecule has 3 nitrogen and oxygen atoms in total. The molecule has 0 N–H and O–H groups in total. The molecule has 2 aromatic heterocycles. The normalized spacial score (nSPS) is 12.6. The summed E-state index contributed by atoms with van der Waals surface area (Å²) in [6.07, 6.45) is -3.04. The number of benzene rings is 1. The number of rotatable bonds is 3. The highest BCUT2D eigenvalue weighted by molar-refractivity contribution is 7.39. The fraction of sp³-hybridized carbons (Fsp3) is 0.235. The van der Waals surface area contributed by atoms with Gasteiger partial charge >= 0.3 is 6.18 Å². The van der Waals surface area contributed by atoms with Gasteiger partial charge in [-0.25, -0.2) is 4.98 Å². The Morgan fingerprint density at radius 1 is 1.00 bits per heavy atom. The molecule has 2 atom stereocenters. The van der Waals surface area contributed by atoms with Gasteiger partial charge in [-0.2, -0.15) is 13.2 Å². The maximum absolute atomic E-state index is 13.2. The molecule has 0 aliphatic rings. The molecular formula is C17H17F3N2OP2. The Morgan fingerprint density at radius 2 is 1.60 bits per heavy atom. The summed E-state index contributed by atoms with van der Waals surface area (Å²) in [6, 6.07) is 10.6. The third-order valence-corrected chi connectivity index (χ3v) is 3.84. The molecule has 0 saturated heterocycles. The van der Waals surface area contributed by atoms with E-state index in [0.29, 0.717) is 22.5 Å². The smallest absolute Gasteiger partial charge is 0.450 e. The number of pyridine rings is 1. The van der Waals surface area contributed by atoms with Gasteiger partial charge in [0.25, 0.3) is 0 Å². The van der Waals surface area contributed by atoms with Crippen molar-refractivity contribution in [1.29, 1.82) is 0 Å². The monoisotopic (exact) mass is 384 g/mol. The molecule has 0 bridgehead atoms. The fourth-order valence-corrected chi connectivity index (χ4v) is 2.85. The van der Waals surface area contributed by atoms with Gasteiger partial charge in [0.2, 0.25) is 5.82 Å². The van der Waals surface area contributed by atoms with Crippen molar-refractivity contribution in [2.45, 2.75) is 25.1 Å². The van der Waals surface area contributed by atoms with Gasteiger partial charge in [-0.3, -0.25) is 4.40 Å². The topological polar surface area (TPSA) is 26.5 Å². The van der Waals surface area contributed by atoms with E-state index < -0.39 is 17.1 Å². The summed E-state index contributed by atoms with van der Waals surface area (Å²) in [5.41, 5.74) is 2.25. The van der Waals surface area contributed by atoms with Gasteiger partial charge in [0, 0.05) is 6.20 Å². The van der Waals surface area contributed by atoms with Gasteiger partial charge < -0.3 is 4.74 Å². The van der Waals surface area contributed by atoms with E-state index in [2.05, 4.69) is 23.5 Å². The fourth-order valence-electron chi connectivity index (χ4n) is 2.58. The molecule has 0 amide bonds. The minimum atomic E-state index is -4.50. The quantitative estimate of drug-likeness (QED) is 0.585. The van der Waals surface area contributed by atoms with E-state index in [-0.39, 0.29) is 0 Å². The Hall–Kier alpha value is -1.64. The average molecular weight is 384 g/mol. The van der Waals surface area contributed by atoms with Crippen LogP contribution in [0, 0.1) is 6.92 Å². The standard InChI is InChI=1S/C17H17F3N2OP2/c1-10-14-8-5-12(9-22(14)15(21-10)17(18,19)20)11-3-6-13(7-4-11)23-16(2,24)25/h3-9H,24-25H2,1-2H3. The number of hydrogen-bond donors (Lipinski definition) is 0. The molecule has 3 aromatic rings. The van der Waals surface area contributed by atoms with E-state index in [1.54, 1.807) is 31.2 Å². The highest BCUT2D eigenvalue weighted by Gasteiger charge is 2.36. The first-order valence-corrected chi connectivity index (χ1v) is 8.63. The summed E-state index contributed by atoms with van der Waals surface area (Å²) >= 11 is 0. The number of imidazole rings is 1. The first-order valence-electron chi connectivity index (χ1n) is 7.48. The minimum absolute atomic E-state index is 0.350. The molecule has 0 aliphatic heterocycles. The van der Waals surface area contributed by atoms with Crippen LogP contribution < -0.4 is 4.74 Å². The number of ether oxygens (including phenoxy) is 1. The molecule has 0 saturated carbocycles. The van der Waals surface area contributed by atoms with Crippen molar-refractivity contribution < 1.29 is 17.9 Å². The van der Waals surface area contributed by atoms with Gasteiger partial charge in [0.15, 0.2) is 0 Å². The lowest BCUT2D eigenvalue weighted by Gasteiger charge is -2.20. The lowest BCUT2D eigenvalue weighted by atomic mass is 10.1. The third-order valence-electron chi connectivity index (χ3n) is 3.60. The van der Waals surface area contributed by atoms with E-state index >= 15 is 0 Å². The summed E-state index contributed by atoms with van der Waals surface area (Å²) in [7, 11) is 5.11. The summed E-state index contributed by atoms with van der Waals surface area (Å²) < 4.78 is 46.3. The highest BCUT2D eigenvalue weighted by Crippen LogP contribution is 2.33. The molecule has 2 unspecified atom stereocenters. The molecule has 0 spiro atoms. The molecule has 0 radical (unpaired) electrons. The Balaban J connectivity index is 2.02. The van der Waals surface area contributed by atoms with Crippen LogP contribution >= 0.6 is 18.5 Å². The zero-order chi connectivity index (χ0) is 18.4. The van der Waals surface area contributed by atoms with E-state index in [1.165, 1.54) is 6.20 Å². The molecule has 25 heavy (non-hydrogen) atoms.